The van der Waals surface area contributed by atoms with Gasteiger partial charge in [-0.3, -0.25) is 19.5 Å². The van der Waals surface area contributed by atoms with Gasteiger partial charge in [0.25, 0.3) is 5.91 Å². The second kappa shape index (κ2) is 7.93. The van der Waals surface area contributed by atoms with Gasteiger partial charge in [0, 0.05) is 28.5 Å². The van der Waals surface area contributed by atoms with Crippen molar-refractivity contribution in [1.29, 1.82) is 5.26 Å². The number of hydrogen-bond acceptors (Lipinski definition) is 6. The van der Waals surface area contributed by atoms with Crippen molar-refractivity contribution in [2.45, 2.75) is 6.04 Å². The standard InChI is InChI=1S/C25H14ClN3O4/c26-17-5-8-19-16(10-17)11-20(33-19)23(30)21-22(15-2-1-9-28-13-15)29(25(32)24(21)31)18-6-3-14(12-27)4-7-18/h1-11,13,22,31H. The number of aromatic nitrogens is 1. The Morgan fingerprint density at radius 3 is 2.64 bits per heavy atom. The van der Waals surface area contributed by atoms with Gasteiger partial charge in [-0.15, -0.1) is 0 Å². The number of carbonyl (C=O) groups is 2. The molecular weight excluding hydrogens is 442 g/mol. The largest absolute Gasteiger partial charge is 0.503 e. The SMILES string of the molecule is N#Cc1ccc(N2C(=O)C(O)=C(C(=O)c3cc4cc(Cl)ccc4o3)C2c2cccnc2)cc1. The Hall–Kier alpha value is -4.41. The van der Waals surface area contributed by atoms with Gasteiger partial charge < -0.3 is 9.52 Å². The normalized spacial score (nSPS) is 15.8. The zero-order valence-corrected chi connectivity index (χ0v) is 17.7. The molecule has 2 aromatic carbocycles. The number of furan rings is 1. The maximum Gasteiger partial charge on any atom is 0.294 e. The summed E-state index contributed by atoms with van der Waals surface area (Å²) in [6, 6.07) is 17.2. The number of nitriles is 1. The predicted molar refractivity (Wildman–Crippen MR) is 121 cm³/mol. The molecule has 8 heteroatoms. The molecular formula is C25H14ClN3O4. The van der Waals surface area contributed by atoms with Gasteiger partial charge in [0.15, 0.2) is 11.5 Å². The first kappa shape index (κ1) is 20.5. The zero-order valence-electron chi connectivity index (χ0n) is 16.9. The number of amides is 1. The Morgan fingerprint density at radius 2 is 1.94 bits per heavy atom. The molecule has 0 spiro atoms. The second-order valence-electron chi connectivity index (χ2n) is 7.41. The van der Waals surface area contributed by atoms with Crippen molar-refractivity contribution in [2.24, 2.45) is 0 Å². The molecule has 1 N–H and O–H groups in total. The van der Waals surface area contributed by atoms with E-state index in [9.17, 15) is 14.7 Å². The number of benzene rings is 2. The van der Waals surface area contributed by atoms with Gasteiger partial charge in [0.05, 0.1) is 23.2 Å². The topological polar surface area (TPSA) is 107 Å². The summed E-state index contributed by atoms with van der Waals surface area (Å²) in [7, 11) is 0. The number of Topliss-reactive ketones (excluding diaryl/α,β-unsaturated/α-hetero) is 1. The number of fused-ring (bicyclic) bond motifs is 1. The Morgan fingerprint density at radius 1 is 1.15 bits per heavy atom. The minimum Gasteiger partial charge on any atom is -0.503 e. The summed E-state index contributed by atoms with van der Waals surface area (Å²) in [5.74, 6) is -2.07. The van der Waals surface area contributed by atoms with Gasteiger partial charge in [-0.1, -0.05) is 17.7 Å². The average Bonchev–Trinajstić information content (AvgIpc) is 3.38. The van der Waals surface area contributed by atoms with Crippen LogP contribution < -0.4 is 4.90 Å². The van der Waals surface area contributed by atoms with E-state index in [1.54, 1.807) is 60.8 Å². The van der Waals surface area contributed by atoms with Crippen molar-refractivity contribution in [1.82, 2.24) is 4.98 Å². The highest BCUT2D eigenvalue weighted by Crippen LogP contribution is 2.42. The Kier molecular flexibility index (Phi) is 4.93. The van der Waals surface area contributed by atoms with E-state index in [1.165, 1.54) is 17.2 Å². The van der Waals surface area contributed by atoms with Gasteiger partial charge in [0.2, 0.25) is 5.78 Å². The lowest BCUT2D eigenvalue weighted by atomic mass is 9.96. The number of anilines is 1. The van der Waals surface area contributed by atoms with E-state index in [-0.39, 0.29) is 11.3 Å². The van der Waals surface area contributed by atoms with Gasteiger partial charge in [-0.2, -0.15) is 5.26 Å². The average molecular weight is 456 g/mol. The molecule has 0 aliphatic carbocycles. The highest BCUT2D eigenvalue weighted by molar-refractivity contribution is 6.31. The minimum atomic E-state index is -0.941. The summed E-state index contributed by atoms with van der Waals surface area (Å²) in [5.41, 5.74) is 1.69. The summed E-state index contributed by atoms with van der Waals surface area (Å²) < 4.78 is 5.70. The lowest BCUT2D eigenvalue weighted by Gasteiger charge is -2.26. The quantitative estimate of drug-likeness (QED) is 0.427. The second-order valence-corrected chi connectivity index (χ2v) is 7.84. The molecule has 1 unspecified atom stereocenters. The molecule has 2 aromatic heterocycles. The van der Waals surface area contributed by atoms with E-state index >= 15 is 0 Å². The summed E-state index contributed by atoms with van der Waals surface area (Å²) in [6.07, 6.45) is 3.10. The number of ketones is 1. The molecule has 4 aromatic rings. The first-order chi connectivity index (χ1) is 16.0. The van der Waals surface area contributed by atoms with Crippen LogP contribution in [0.25, 0.3) is 11.0 Å². The summed E-state index contributed by atoms with van der Waals surface area (Å²) in [6.45, 7) is 0. The number of aliphatic hydroxyl groups is 1. The predicted octanol–water partition coefficient (Wildman–Crippen LogP) is 5.14. The Bertz CT molecular complexity index is 1480. The Labute approximate surface area is 192 Å². The molecule has 1 atom stereocenters. The third kappa shape index (κ3) is 3.43. The fourth-order valence-corrected chi connectivity index (χ4v) is 4.09. The van der Waals surface area contributed by atoms with Crippen molar-refractivity contribution in [3.63, 3.8) is 0 Å². The third-order valence-electron chi connectivity index (χ3n) is 5.43. The van der Waals surface area contributed by atoms with Crippen molar-refractivity contribution >= 4 is 39.9 Å². The lowest BCUT2D eigenvalue weighted by Crippen LogP contribution is -2.31. The van der Waals surface area contributed by atoms with Crippen LogP contribution in [0.2, 0.25) is 5.02 Å². The first-order valence-corrected chi connectivity index (χ1v) is 10.3. The molecule has 7 nitrogen and oxygen atoms in total. The van der Waals surface area contributed by atoms with E-state index in [1.807, 2.05) is 6.07 Å². The van der Waals surface area contributed by atoms with Crippen LogP contribution in [-0.2, 0) is 4.79 Å². The number of hydrogen-bond donors (Lipinski definition) is 1. The van der Waals surface area contributed by atoms with E-state index in [0.29, 0.717) is 32.8 Å². The molecule has 0 radical (unpaired) electrons. The molecule has 33 heavy (non-hydrogen) atoms. The number of rotatable bonds is 4. The number of nitrogens with zero attached hydrogens (tertiary/aromatic N) is 3. The van der Waals surface area contributed by atoms with Gasteiger partial charge >= 0.3 is 0 Å². The fourth-order valence-electron chi connectivity index (χ4n) is 3.91. The van der Waals surface area contributed by atoms with Crippen LogP contribution in [0.4, 0.5) is 5.69 Å². The number of halogens is 1. The fraction of sp³-hybridized carbons (Fsp3) is 0.0400. The highest BCUT2D eigenvalue weighted by atomic mass is 35.5. The van der Waals surface area contributed by atoms with Crippen molar-refractivity contribution in [3.8, 4) is 6.07 Å². The van der Waals surface area contributed by atoms with Crippen LogP contribution in [0.3, 0.4) is 0 Å². The molecule has 0 bridgehead atoms. The van der Waals surface area contributed by atoms with Gasteiger partial charge in [-0.05, 0) is 60.2 Å². The first-order valence-electron chi connectivity index (χ1n) is 9.88. The molecule has 3 heterocycles. The molecule has 0 fully saturated rings. The van der Waals surface area contributed by atoms with Crippen molar-refractivity contribution in [3.05, 3.63) is 106 Å². The monoisotopic (exact) mass is 455 g/mol. The van der Waals surface area contributed by atoms with E-state index in [4.69, 9.17) is 21.3 Å². The van der Waals surface area contributed by atoms with Crippen LogP contribution in [0.15, 0.2) is 88.8 Å². The molecule has 0 saturated heterocycles. The third-order valence-corrected chi connectivity index (χ3v) is 5.66. The molecule has 5 rings (SSSR count). The molecule has 1 amide bonds. The molecule has 0 saturated carbocycles. The summed E-state index contributed by atoms with van der Waals surface area (Å²) in [5, 5.41) is 21.0. The van der Waals surface area contributed by atoms with Crippen molar-refractivity contribution < 1.29 is 19.1 Å². The van der Waals surface area contributed by atoms with E-state index in [2.05, 4.69) is 4.98 Å². The van der Waals surface area contributed by atoms with Crippen LogP contribution in [0.1, 0.15) is 27.7 Å². The van der Waals surface area contributed by atoms with Gasteiger partial charge in [-0.25, -0.2) is 0 Å². The number of aliphatic hydroxyl groups excluding tert-OH is 1. The number of pyridine rings is 1. The van der Waals surface area contributed by atoms with Crippen LogP contribution >= 0.6 is 11.6 Å². The van der Waals surface area contributed by atoms with E-state index < -0.39 is 23.5 Å². The molecule has 1 aliphatic heterocycles. The van der Waals surface area contributed by atoms with Gasteiger partial charge in [0.1, 0.15) is 5.58 Å². The smallest absolute Gasteiger partial charge is 0.294 e. The van der Waals surface area contributed by atoms with E-state index in [0.717, 1.165) is 0 Å². The summed E-state index contributed by atoms with van der Waals surface area (Å²) in [4.78, 5) is 32.1. The summed E-state index contributed by atoms with van der Waals surface area (Å²) >= 11 is 6.03. The zero-order chi connectivity index (χ0) is 23.1. The maximum absolute atomic E-state index is 13.5. The highest BCUT2D eigenvalue weighted by Gasteiger charge is 2.45. The lowest BCUT2D eigenvalue weighted by molar-refractivity contribution is -0.117. The van der Waals surface area contributed by atoms with Crippen LogP contribution in [0.5, 0.6) is 0 Å². The maximum atomic E-state index is 13.5. The minimum absolute atomic E-state index is 0.0304. The van der Waals surface area contributed by atoms with Crippen LogP contribution in [-0.4, -0.2) is 21.8 Å². The Balaban J connectivity index is 1.64. The molecule has 160 valence electrons. The molecule has 1 aliphatic rings. The van der Waals surface area contributed by atoms with Crippen LogP contribution in [0, 0.1) is 11.3 Å². The number of carbonyl (C=O) groups excluding carboxylic acids is 2. The van der Waals surface area contributed by atoms with Crippen molar-refractivity contribution in [2.75, 3.05) is 4.90 Å².